The second kappa shape index (κ2) is 2.80. The first-order valence-electron chi connectivity index (χ1n) is 2.76. The maximum atomic E-state index is 8.45. The van der Waals surface area contributed by atoms with Crippen LogP contribution < -0.4 is 0 Å². The molecule has 0 atom stereocenters. The molecule has 0 saturated carbocycles. The van der Waals surface area contributed by atoms with Crippen molar-refractivity contribution in [3.63, 3.8) is 0 Å². The van der Waals surface area contributed by atoms with Crippen LogP contribution in [-0.4, -0.2) is 4.98 Å². The zero-order valence-electron chi connectivity index (χ0n) is 5.43. The predicted molar refractivity (Wildman–Crippen MR) is 41.4 cm³/mol. The van der Waals surface area contributed by atoms with Gasteiger partial charge in [0, 0.05) is 6.20 Å². The molecule has 0 radical (unpaired) electrons. The first-order chi connectivity index (χ1) is 4.74. The lowest BCUT2D eigenvalue weighted by Gasteiger charge is -1.94. The summed E-state index contributed by atoms with van der Waals surface area (Å²) in [6.07, 6.45) is 1.54. The smallest absolute Gasteiger partial charge is 0.109 e. The van der Waals surface area contributed by atoms with Crippen LogP contribution >= 0.6 is 15.9 Å². The van der Waals surface area contributed by atoms with E-state index in [-0.39, 0.29) is 0 Å². The third-order valence-electron chi connectivity index (χ3n) is 1.14. The zero-order valence-corrected chi connectivity index (χ0v) is 7.01. The highest BCUT2D eigenvalue weighted by molar-refractivity contribution is 9.10. The number of hydrogen-bond acceptors (Lipinski definition) is 2. The summed E-state index contributed by atoms with van der Waals surface area (Å²) in [5, 5.41) is 8.45. The second-order valence-electron chi connectivity index (χ2n) is 1.94. The first-order valence-corrected chi connectivity index (χ1v) is 3.55. The third-order valence-corrected chi connectivity index (χ3v) is 1.97. The number of pyridine rings is 1. The number of halogens is 1. The normalized spacial score (nSPS) is 8.90. The van der Waals surface area contributed by atoms with E-state index in [0.29, 0.717) is 5.56 Å². The molecule has 0 fully saturated rings. The standard InChI is InChI=1S/C7H5BrN2/c1-5-2-6(3-9)4-10-7(5)8/h2,4H,1H3. The SMILES string of the molecule is Cc1cc(C#N)cnc1Br. The molecule has 1 aromatic heterocycles. The van der Waals surface area contributed by atoms with Crippen LogP contribution in [0.5, 0.6) is 0 Å². The number of aryl methyl sites for hydroxylation is 1. The topological polar surface area (TPSA) is 36.7 Å². The summed E-state index contributed by atoms with van der Waals surface area (Å²) in [6.45, 7) is 1.90. The highest BCUT2D eigenvalue weighted by atomic mass is 79.9. The Morgan fingerprint density at radius 3 is 2.90 bits per heavy atom. The van der Waals surface area contributed by atoms with Crippen molar-refractivity contribution < 1.29 is 0 Å². The maximum absolute atomic E-state index is 8.45. The lowest BCUT2D eigenvalue weighted by molar-refractivity contribution is 1.20. The summed E-state index contributed by atoms with van der Waals surface area (Å²) < 4.78 is 0.798. The van der Waals surface area contributed by atoms with Gasteiger partial charge in [-0.2, -0.15) is 5.26 Å². The molecule has 0 amide bonds. The van der Waals surface area contributed by atoms with Crippen LogP contribution in [0.1, 0.15) is 11.1 Å². The third kappa shape index (κ3) is 1.34. The molecular weight excluding hydrogens is 192 g/mol. The molecule has 0 aliphatic heterocycles. The van der Waals surface area contributed by atoms with Gasteiger partial charge in [0.05, 0.1) is 5.56 Å². The van der Waals surface area contributed by atoms with Gasteiger partial charge in [-0.1, -0.05) is 0 Å². The van der Waals surface area contributed by atoms with E-state index in [4.69, 9.17) is 5.26 Å². The van der Waals surface area contributed by atoms with E-state index in [9.17, 15) is 0 Å². The summed E-state index contributed by atoms with van der Waals surface area (Å²) in [4.78, 5) is 3.94. The van der Waals surface area contributed by atoms with Gasteiger partial charge in [0.15, 0.2) is 0 Å². The molecule has 2 nitrogen and oxygen atoms in total. The molecule has 0 N–H and O–H groups in total. The predicted octanol–water partition coefficient (Wildman–Crippen LogP) is 2.02. The Balaban J connectivity index is 3.20. The molecule has 0 bridgehead atoms. The van der Waals surface area contributed by atoms with Crippen LogP contribution in [0.15, 0.2) is 16.9 Å². The van der Waals surface area contributed by atoms with E-state index in [0.717, 1.165) is 10.2 Å². The van der Waals surface area contributed by atoms with Crippen molar-refractivity contribution in [1.29, 1.82) is 5.26 Å². The molecule has 50 valence electrons. The van der Waals surface area contributed by atoms with Gasteiger partial charge in [0.1, 0.15) is 10.7 Å². The van der Waals surface area contributed by atoms with E-state index in [1.807, 2.05) is 13.0 Å². The molecule has 1 heterocycles. The first kappa shape index (κ1) is 7.23. The van der Waals surface area contributed by atoms with Gasteiger partial charge in [-0.3, -0.25) is 0 Å². The van der Waals surface area contributed by atoms with Gasteiger partial charge in [-0.05, 0) is 34.5 Å². The molecule has 0 aliphatic rings. The van der Waals surface area contributed by atoms with Gasteiger partial charge >= 0.3 is 0 Å². The number of rotatable bonds is 0. The largest absolute Gasteiger partial charge is 0.248 e. The Hall–Kier alpha value is -0.880. The Bertz CT molecular complexity index is 288. The van der Waals surface area contributed by atoms with Gasteiger partial charge in [0.2, 0.25) is 0 Å². The number of aromatic nitrogens is 1. The van der Waals surface area contributed by atoms with Crippen molar-refractivity contribution >= 4 is 15.9 Å². The zero-order chi connectivity index (χ0) is 7.56. The molecule has 0 aliphatic carbocycles. The lowest BCUT2D eigenvalue weighted by atomic mass is 10.2. The van der Waals surface area contributed by atoms with Crippen LogP contribution in [0, 0.1) is 18.3 Å². The minimum Gasteiger partial charge on any atom is -0.248 e. The summed E-state index contributed by atoms with van der Waals surface area (Å²) in [5.74, 6) is 0. The quantitative estimate of drug-likeness (QED) is 0.596. The Kier molecular flexibility index (Phi) is 2.03. The summed E-state index contributed by atoms with van der Waals surface area (Å²) in [5.41, 5.74) is 1.58. The van der Waals surface area contributed by atoms with Crippen LogP contribution in [0.2, 0.25) is 0 Å². The molecule has 1 aromatic rings. The monoisotopic (exact) mass is 196 g/mol. The van der Waals surface area contributed by atoms with E-state index < -0.39 is 0 Å². The van der Waals surface area contributed by atoms with Gasteiger partial charge < -0.3 is 0 Å². The highest BCUT2D eigenvalue weighted by Gasteiger charge is 1.95. The van der Waals surface area contributed by atoms with Crippen LogP contribution in [0.3, 0.4) is 0 Å². The van der Waals surface area contributed by atoms with Crippen LogP contribution in [0.4, 0.5) is 0 Å². The summed E-state index contributed by atoms with van der Waals surface area (Å²) in [7, 11) is 0. The number of nitriles is 1. The van der Waals surface area contributed by atoms with Gasteiger partial charge in [-0.25, -0.2) is 4.98 Å². The molecule has 1 rings (SSSR count). The molecule has 10 heavy (non-hydrogen) atoms. The number of hydrogen-bond donors (Lipinski definition) is 0. The van der Waals surface area contributed by atoms with Crippen molar-refractivity contribution in [2.24, 2.45) is 0 Å². The summed E-state index contributed by atoms with van der Waals surface area (Å²) >= 11 is 3.24. The van der Waals surface area contributed by atoms with E-state index in [1.165, 1.54) is 6.20 Å². The lowest BCUT2D eigenvalue weighted by Crippen LogP contribution is -1.83. The molecule has 3 heteroatoms. The molecule has 0 saturated heterocycles. The van der Waals surface area contributed by atoms with Crippen LogP contribution in [-0.2, 0) is 0 Å². The van der Waals surface area contributed by atoms with Crippen molar-refractivity contribution in [3.8, 4) is 6.07 Å². The minimum absolute atomic E-state index is 0.598. The van der Waals surface area contributed by atoms with Crippen molar-refractivity contribution in [2.45, 2.75) is 6.92 Å². The molecule has 0 spiro atoms. The number of nitrogens with zero attached hydrogens (tertiary/aromatic N) is 2. The van der Waals surface area contributed by atoms with E-state index in [2.05, 4.69) is 20.9 Å². The van der Waals surface area contributed by atoms with Crippen molar-refractivity contribution in [3.05, 3.63) is 28.0 Å². The van der Waals surface area contributed by atoms with Gasteiger partial charge in [0.25, 0.3) is 0 Å². The second-order valence-corrected chi connectivity index (χ2v) is 2.69. The van der Waals surface area contributed by atoms with Crippen molar-refractivity contribution in [1.82, 2.24) is 4.98 Å². The fourth-order valence-corrected chi connectivity index (χ4v) is 0.836. The van der Waals surface area contributed by atoms with Gasteiger partial charge in [-0.15, -0.1) is 0 Å². The highest BCUT2D eigenvalue weighted by Crippen LogP contribution is 2.12. The minimum atomic E-state index is 0.598. The Morgan fingerprint density at radius 2 is 2.40 bits per heavy atom. The average Bonchev–Trinajstić information content (AvgIpc) is 1.95. The Morgan fingerprint density at radius 1 is 1.70 bits per heavy atom. The summed E-state index contributed by atoms with van der Waals surface area (Å²) in [6, 6.07) is 3.80. The van der Waals surface area contributed by atoms with E-state index in [1.54, 1.807) is 6.07 Å². The van der Waals surface area contributed by atoms with E-state index >= 15 is 0 Å². The van der Waals surface area contributed by atoms with Crippen molar-refractivity contribution in [2.75, 3.05) is 0 Å². The fraction of sp³-hybridized carbons (Fsp3) is 0.143. The molecule has 0 unspecified atom stereocenters. The molecule has 0 aromatic carbocycles. The Labute approximate surface area is 67.6 Å². The molecular formula is C7H5BrN2. The average molecular weight is 197 g/mol. The maximum Gasteiger partial charge on any atom is 0.109 e. The fourth-order valence-electron chi connectivity index (χ4n) is 0.619. The van der Waals surface area contributed by atoms with Crippen LogP contribution in [0.25, 0.3) is 0 Å².